The maximum Gasteiger partial charge on any atom is 0.263 e. The van der Waals surface area contributed by atoms with Crippen LogP contribution in [-0.4, -0.2) is 14.3 Å². The SMILES string of the molecule is O=C(Nc1ccc(Br)cc1)c1ccc(Br)c(S(=O)(=O)Nc2cccc(Br)c2)c1. The predicted molar refractivity (Wildman–Crippen MR) is 121 cm³/mol. The van der Waals surface area contributed by atoms with Crippen molar-refractivity contribution in [1.82, 2.24) is 0 Å². The average molecular weight is 589 g/mol. The average Bonchev–Trinajstić information content (AvgIpc) is 2.63. The molecule has 0 saturated carbocycles. The van der Waals surface area contributed by atoms with Crippen LogP contribution >= 0.6 is 47.8 Å². The molecule has 144 valence electrons. The standard InChI is InChI=1S/C19H13Br3N2O3S/c20-13-5-7-15(8-6-13)23-19(25)12-4-9-17(22)18(10-12)28(26,27)24-16-3-1-2-14(21)11-16/h1-11,24H,(H,23,25). The van der Waals surface area contributed by atoms with Crippen molar-refractivity contribution in [2.24, 2.45) is 0 Å². The Labute approximate surface area is 188 Å². The van der Waals surface area contributed by atoms with Gasteiger partial charge in [-0.1, -0.05) is 37.9 Å². The molecule has 0 aliphatic rings. The molecule has 0 aliphatic heterocycles. The fraction of sp³-hybridized carbons (Fsp3) is 0. The summed E-state index contributed by atoms with van der Waals surface area (Å²) >= 11 is 9.89. The zero-order valence-corrected chi connectivity index (χ0v) is 19.7. The first kappa shape index (κ1) is 21.0. The maximum atomic E-state index is 12.8. The van der Waals surface area contributed by atoms with Gasteiger partial charge in [-0.3, -0.25) is 9.52 Å². The summed E-state index contributed by atoms with van der Waals surface area (Å²) < 4.78 is 30.1. The summed E-state index contributed by atoms with van der Waals surface area (Å²) in [5, 5.41) is 2.74. The van der Waals surface area contributed by atoms with Gasteiger partial charge in [0, 0.05) is 30.4 Å². The van der Waals surface area contributed by atoms with Gasteiger partial charge in [0.2, 0.25) is 0 Å². The smallest absolute Gasteiger partial charge is 0.263 e. The summed E-state index contributed by atoms with van der Waals surface area (Å²) in [7, 11) is -3.90. The monoisotopic (exact) mass is 586 g/mol. The highest BCUT2D eigenvalue weighted by molar-refractivity contribution is 9.11. The summed E-state index contributed by atoms with van der Waals surface area (Å²) in [6, 6.07) is 18.3. The molecule has 3 aromatic carbocycles. The molecule has 0 unspecified atom stereocenters. The van der Waals surface area contributed by atoms with Crippen LogP contribution < -0.4 is 10.0 Å². The first-order valence-electron chi connectivity index (χ1n) is 7.89. The quantitative estimate of drug-likeness (QED) is 0.382. The van der Waals surface area contributed by atoms with E-state index in [0.717, 1.165) is 8.95 Å². The molecule has 0 aromatic heterocycles. The number of benzene rings is 3. The molecule has 28 heavy (non-hydrogen) atoms. The number of carbonyl (C=O) groups excluding carboxylic acids is 1. The number of carbonyl (C=O) groups is 1. The topological polar surface area (TPSA) is 75.3 Å². The van der Waals surface area contributed by atoms with Crippen LogP contribution in [0, 0.1) is 0 Å². The van der Waals surface area contributed by atoms with Crippen molar-refractivity contribution in [1.29, 1.82) is 0 Å². The van der Waals surface area contributed by atoms with Gasteiger partial charge in [-0.05, 0) is 76.6 Å². The van der Waals surface area contributed by atoms with E-state index in [-0.39, 0.29) is 10.5 Å². The highest BCUT2D eigenvalue weighted by Gasteiger charge is 2.20. The van der Waals surface area contributed by atoms with Crippen molar-refractivity contribution in [2.45, 2.75) is 4.90 Å². The molecule has 0 fully saturated rings. The van der Waals surface area contributed by atoms with E-state index in [2.05, 4.69) is 57.8 Å². The zero-order valence-electron chi connectivity index (χ0n) is 14.1. The second-order valence-electron chi connectivity index (χ2n) is 5.72. The number of hydrogen-bond acceptors (Lipinski definition) is 3. The fourth-order valence-electron chi connectivity index (χ4n) is 2.35. The van der Waals surface area contributed by atoms with E-state index in [1.54, 1.807) is 54.6 Å². The van der Waals surface area contributed by atoms with Crippen LogP contribution in [0.3, 0.4) is 0 Å². The third-order valence-electron chi connectivity index (χ3n) is 3.66. The molecule has 0 radical (unpaired) electrons. The van der Waals surface area contributed by atoms with Crippen molar-refractivity contribution in [3.05, 3.63) is 85.7 Å². The van der Waals surface area contributed by atoms with E-state index in [9.17, 15) is 13.2 Å². The van der Waals surface area contributed by atoms with Gasteiger partial charge < -0.3 is 5.32 Å². The van der Waals surface area contributed by atoms with Crippen LogP contribution in [0.1, 0.15) is 10.4 Å². The molecule has 3 rings (SSSR count). The Bertz CT molecular complexity index is 1130. The molecule has 3 aromatic rings. The molecule has 1 amide bonds. The van der Waals surface area contributed by atoms with Gasteiger partial charge in [0.1, 0.15) is 4.90 Å². The van der Waals surface area contributed by atoms with Crippen LogP contribution in [0.4, 0.5) is 11.4 Å². The van der Waals surface area contributed by atoms with Crippen LogP contribution in [-0.2, 0) is 10.0 Å². The predicted octanol–water partition coefficient (Wildman–Crippen LogP) is 6.03. The molecule has 0 heterocycles. The van der Waals surface area contributed by atoms with Crippen molar-refractivity contribution >= 4 is 75.1 Å². The number of anilines is 2. The van der Waals surface area contributed by atoms with E-state index in [1.165, 1.54) is 12.1 Å². The molecule has 0 bridgehead atoms. The van der Waals surface area contributed by atoms with E-state index < -0.39 is 15.9 Å². The van der Waals surface area contributed by atoms with Crippen LogP contribution in [0.2, 0.25) is 0 Å². The summed E-state index contributed by atoms with van der Waals surface area (Å²) in [5.41, 5.74) is 1.24. The van der Waals surface area contributed by atoms with Gasteiger partial charge in [0.25, 0.3) is 15.9 Å². The number of hydrogen-bond donors (Lipinski definition) is 2. The van der Waals surface area contributed by atoms with Crippen LogP contribution in [0.25, 0.3) is 0 Å². The first-order chi connectivity index (χ1) is 13.2. The Hall–Kier alpha value is -1.68. The van der Waals surface area contributed by atoms with Gasteiger partial charge >= 0.3 is 0 Å². The van der Waals surface area contributed by atoms with Gasteiger partial charge in [-0.2, -0.15) is 0 Å². The molecule has 5 nitrogen and oxygen atoms in total. The molecule has 2 N–H and O–H groups in total. The minimum absolute atomic E-state index is 0.0315. The summed E-state index contributed by atoms with van der Waals surface area (Å²) in [6.07, 6.45) is 0. The molecule has 9 heteroatoms. The van der Waals surface area contributed by atoms with E-state index >= 15 is 0 Å². The highest BCUT2D eigenvalue weighted by Crippen LogP contribution is 2.27. The molecule has 0 atom stereocenters. The second kappa shape index (κ2) is 8.77. The minimum atomic E-state index is -3.90. The van der Waals surface area contributed by atoms with Crippen molar-refractivity contribution in [3.8, 4) is 0 Å². The van der Waals surface area contributed by atoms with Gasteiger partial charge in [-0.15, -0.1) is 0 Å². The lowest BCUT2D eigenvalue weighted by Crippen LogP contribution is -2.16. The Morgan fingerprint density at radius 3 is 2.18 bits per heavy atom. The Morgan fingerprint density at radius 2 is 1.50 bits per heavy atom. The summed E-state index contributed by atoms with van der Waals surface area (Å²) in [4.78, 5) is 12.5. The van der Waals surface area contributed by atoms with Gasteiger partial charge in [-0.25, -0.2) is 8.42 Å². The Kier molecular flexibility index (Phi) is 6.59. The largest absolute Gasteiger partial charge is 0.322 e. The van der Waals surface area contributed by atoms with E-state index in [4.69, 9.17) is 0 Å². The van der Waals surface area contributed by atoms with Gasteiger partial charge in [0.15, 0.2) is 0 Å². The Balaban J connectivity index is 1.87. The number of rotatable bonds is 5. The maximum absolute atomic E-state index is 12.8. The van der Waals surface area contributed by atoms with Crippen molar-refractivity contribution in [3.63, 3.8) is 0 Å². The molecule has 0 aliphatic carbocycles. The number of halogens is 3. The molecule has 0 saturated heterocycles. The second-order valence-corrected chi connectivity index (χ2v) is 10.1. The van der Waals surface area contributed by atoms with Crippen LogP contribution in [0.5, 0.6) is 0 Å². The van der Waals surface area contributed by atoms with E-state index in [0.29, 0.717) is 15.8 Å². The normalized spacial score (nSPS) is 11.1. The molecular weight excluding hydrogens is 576 g/mol. The lowest BCUT2D eigenvalue weighted by atomic mass is 10.2. The van der Waals surface area contributed by atoms with Crippen molar-refractivity contribution < 1.29 is 13.2 Å². The van der Waals surface area contributed by atoms with E-state index in [1.807, 2.05) is 0 Å². The summed E-state index contributed by atoms with van der Waals surface area (Å²) in [5.74, 6) is -0.409. The number of amides is 1. The Morgan fingerprint density at radius 1 is 0.786 bits per heavy atom. The lowest BCUT2D eigenvalue weighted by molar-refractivity contribution is 0.102. The van der Waals surface area contributed by atoms with Gasteiger partial charge in [0.05, 0.1) is 0 Å². The number of sulfonamides is 1. The van der Waals surface area contributed by atoms with Crippen molar-refractivity contribution in [2.75, 3.05) is 10.0 Å². The third-order valence-corrected chi connectivity index (χ3v) is 7.06. The first-order valence-corrected chi connectivity index (χ1v) is 11.8. The zero-order chi connectivity index (χ0) is 20.3. The summed E-state index contributed by atoms with van der Waals surface area (Å²) in [6.45, 7) is 0. The fourth-order valence-corrected chi connectivity index (χ4v) is 5.05. The third kappa shape index (κ3) is 5.22. The molecule has 0 spiro atoms. The van der Waals surface area contributed by atoms with Crippen LogP contribution in [0.15, 0.2) is 85.0 Å². The minimum Gasteiger partial charge on any atom is -0.322 e. The lowest BCUT2D eigenvalue weighted by Gasteiger charge is -2.12. The number of nitrogens with one attached hydrogen (secondary N) is 2. The molecular formula is C19H13Br3N2O3S. The highest BCUT2D eigenvalue weighted by atomic mass is 79.9.